The topological polar surface area (TPSA) is 0 Å². The molecule has 128 valence electrons. The van der Waals surface area contributed by atoms with E-state index in [0.717, 1.165) is 30.6 Å². The molecule has 0 N–H and O–H groups in total. The van der Waals surface area contributed by atoms with E-state index in [2.05, 4.69) is 39.3 Å². The molecular formula is C13H32Cl4Si4. The lowest BCUT2D eigenvalue weighted by molar-refractivity contribution is 1.02. The van der Waals surface area contributed by atoms with Gasteiger partial charge >= 0.3 is 0 Å². The fraction of sp³-hybridized carbons (Fsp3) is 1.00. The van der Waals surface area contributed by atoms with Gasteiger partial charge in [-0.2, -0.15) is 0 Å². The maximum atomic E-state index is 6.61. The van der Waals surface area contributed by atoms with Crippen molar-refractivity contribution in [3.63, 3.8) is 0 Å². The van der Waals surface area contributed by atoms with Crippen LogP contribution in [0, 0.1) is 0 Å². The quantitative estimate of drug-likeness (QED) is 0.239. The second kappa shape index (κ2) is 8.93. The normalized spacial score (nSPS) is 14.6. The molecule has 0 rings (SSSR count). The van der Waals surface area contributed by atoms with E-state index in [4.69, 9.17) is 44.3 Å². The lowest BCUT2D eigenvalue weighted by atomic mass is 10.6. The number of halogens is 4. The molecule has 0 aromatic heterocycles. The van der Waals surface area contributed by atoms with Gasteiger partial charge in [0.2, 0.25) is 0 Å². The van der Waals surface area contributed by atoms with Crippen molar-refractivity contribution in [2.45, 2.75) is 82.0 Å². The zero-order valence-corrected chi connectivity index (χ0v) is 21.5. The Morgan fingerprint density at radius 2 is 0.810 bits per heavy atom. The second-order valence-electron chi connectivity index (χ2n) is 8.72. The molecule has 0 aliphatic rings. The maximum Gasteiger partial charge on any atom is 0.251 e. The van der Waals surface area contributed by atoms with E-state index in [-0.39, 0.29) is 0 Å². The highest BCUT2D eigenvalue weighted by Crippen LogP contribution is 2.39. The summed E-state index contributed by atoms with van der Waals surface area (Å²) in [6, 6.07) is 4.47. The van der Waals surface area contributed by atoms with Gasteiger partial charge in [0.1, 0.15) is 0 Å². The third kappa shape index (κ3) is 15.3. The molecule has 0 saturated carbocycles. The van der Waals surface area contributed by atoms with Crippen LogP contribution in [0.15, 0.2) is 0 Å². The molecule has 0 atom stereocenters. The molecule has 0 heterocycles. The molecule has 0 bridgehead atoms. The molecule has 0 amide bonds. The van der Waals surface area contributed by atoms with E-state index in [1.54, 1.807) is 0 Å². The monoisotopic (exact) mass is 440 g/mol. The Morgan fingerprint density at radius 1 is 0.524 bits per heavy atom. The van der Waals surface area contributed by atoms with Crippen LogP contribution in [-0.4, -0.2) is 29.5 Å². The van der Waals surface area contributed by atoms with Gasteiger partial charge in [-0.3, -0.25) is 0 Å². The van der Waals surface area contributed by atoms with Crippen molar-refractivity contribution in [2.75, 3.05) is 0 Å². The second-order valence-corrected chi connectivity index (χ2v) is 35.6. The summed E-state index contributed by atoms with van der Waals surface area (Å²) in [5.74, 6) is 0. The fourth-order valence-electron chi connectivity index (χ4n) is 2.31. The van der Waals surface area contributed by atoms with Gasteiger partial charge in [-0.05, 0) is 17.8 Å². The maximum absolute atomic E-state index is 6.61. The van der Waals surface area contributed by atoms with Crippen molar-refractivity contribution >= 4 is 73.9 Å². The Balaban J connectivity index is 4.21. The predicted octanol–water partition coefficient (Wildman–Crippen LogP) is 7.82. The van der Waals surface area contributed by atoms with E-state index in [1.807, 2.05) is 0 Å². The standard InChI is InChI=1S/C13H32Cl4Si4/c1-18(2,3)9-7-11-20(14,15)13-21(16,17)12-8-10-19(4,5)6/h7-13H2,1-6H3. The van der Waals surface area contributed by atoms with Crippen molar-refractivity contribution in [3.05, 3.63) is 0 Å². The number of rotatable bonds is 10. The Morgan fingerprint density at radius 3 is 1.05 bits per heavy atom. The van der Waals surface area contributed by atoms with Crippen molar-refractivity contribution in [2.24, 2.45) is 0 Å². The van der Waals surface area contributed by atoms with Gasteiger partial charge in [0.25, 0.3) is 13.4 Å². The van der Waals surface area contributed by atoms with Gasteiger partial charge in [-0.25, -0.2) is 0 Å². The number of hydrogen-bond donors (Lipinski definition) is 0. The minimum atomic E-state index is -2.26. The van der Waals surface area contributed by atoms with E-state index in [1.165, 1.54) is 12.1 Å². The molecule has 0 aliphatic heterocycles. The van der Waals surface area contributed by atoms with Crippen molar-refractivity contribution in [1.29, 1.82) is 0 Å². The summed E-state index contributed by atoms with van der Waals surface area (Å²) in [6.07, 6.45) is 2.28. The molecular weight excluding hydrogens is 410 g/mol. The van der Waals surface area contributed by atoms with Gasteiger partial charge in [-0.15, -0.1) is 44.3 Å². The van der Waals surface area contributed by atoms with Crippen LogP contribution in [0.4, 0.5) is 0 Å². The smallest absolute Gasteiger partial charge is 0.146 e. The van der Waals surface area contributed by atoms with E-state index < -0.39 is 29.5 Å². The van der Waals surface area contributed by atoms with Crippen molar-refractivity contribution in [1.82, 2.24) is 0 Å². The molecule has 0 spiro atoms. The lowest BCUT2D eigenvalue weighted by Gasteiger charge is -2.26. The third-order valence-electron chi connectivity index (χ3n) is 3.46. The van der Waals surface area contributed by atoms with Crippen LogP contribution >= 0.6 is 44.3 Å². The summed E-state index contributed by atoms with van der Waals surface area (Å²) in [4.78, 5) is 0. The summed E-state index contributed by atoms with van der Waals surface area (Å²) in [7, 11) is -2.01. The summed E-state index contributed by atoms with van der Waals surface area (Å²) in [6.45, 7) is 9.80. The Bertz CT molecular complexity index is 278. The Labute approximate surface area is 155 Å². The highest BCUT2D eigenvalue weighted by Gasteiger charge is 2.41. The zero-order valence-electron chi connectivity index (χ0n) is 14.5. The van der Waals surface area contributed by atoms with Crippen LogP contribution in [0.3, 0.4) is 0 Å². The fourth-order valence-corrected chi connectivity index (χ4v) is 23.6. The van der Waals surface area contributed by atoms with Crippen LogP contribution < -0.4 is 0 Å². The minimum absolute atomic E-state index is 0.726. The molecule has 0 nitrogen and oxygen atoms in total. The lowest BCUT2D eigenvalue weighted by Crippen LogP contribution is -2.33. The van der Waals surface area contributed by atoms with E-state index in [0.29, 0.717) is 0 Å². The van der Waals surface area contributed by atoms with Gasteiger partial charge < -0.3 is 0 Å². The first-order chi connectivity index (χ1) is 9.12. The molecule has 0 unspecified atom stereocenters. The first kappa shape index (κ1) is 23.0. The van der Waals surface area contributed by atoms with Gasteiger partial charge in [0.15, 0.2) is 0 Å². The SMILES string of the molecule is C[Si](C)(C)CCC[Si](Cl)(Cl)C[Si](Cl)(Cl)CCC[Si](C)(C)C. The average Bonchev–Trinajstić information content (AvgIpc) is 2.09. The molecule has 0 fully saturated rings. The Kier molecular flexibility index (Phi) is 9.79. The summed E-state index contributed by atoms with van der Waals surface area (Å²) < 4.78 is 0. The predicted molar refractivity (Wildman–Crippen MR) is 115 cm³/mol. The van der Waals surface area contributed by atoms with E-state index >= 15 is 0 Å². The highest BCUT2D eigenvalue weighted by atomic mass is 35.7. The van der Waals surface area contributed by atoms with Crippen LogP contribution in [0.2, 0.25) is 69.1 Å². The van der Waals surface area contributed by atoms with Crippen molar-refractivity contribution in [3.8, 4) is 0 Å². The Hall–Kier alpha value is 2.03. The van der Waals surface area contributed by atoms with Crippen LogP contribution in [-0.2, 0) is 0 Å². The highest BCUT2D eigenvalue weighted by molar-refractivity contribution is 7.56. The molecule has 0 saturated heterocycles. The third-order valence-corrected chi connectivity index (χ3v) is 20.5. The summed E-state index contributed by atoms with van der Waals surface area (Å²) in [5, 5.41) is 0. The average molecular weight is 443 g/mol. The largest absolute Gasteiger partial charge is 0.251 e. The van der Waals surface area contributed by atoms with Gasteiger partial charge in [0, 0.05) is 16.1 Å². The van der Waals surface area contributed by atoms with Crippen LogP contribution in [0.5, 0.6) is 0 Å². The molecule has 21 heavy (non-hydrogen) atoms. The molecule has 8 heteroatoms. The summed E-state index contributed by atoms with van der Waals surface area (Å²) >= 11 is 26.5. The minimum Gasteiger partial charge on any atom is -0.146 e. The van der Waals surface area contributed by atoms with Crippen LogP contribution in [0.25, 0.3) is 0 Å². The molecule has 0 aromatic rings. The van der Waals surface area contributed by atoms with Gasteiger partial charge in [0.05, 0.1) is 0 Å². The first-order valence-electron chi connectivity index (χ1n) is 7.88. The molecule has 0 aromatic carbocycles. The zero-order chi connectivity index (χ0) is 16.9. The van der Waals surface area contributed by atoms with E-state index in [9.17, 15) is 0 Å². The van der Waals surface area contributed by atoms with Gasteiger partial charge in [-0.1, -0.05) is 64.2 Å². The van der Waals surface area contributed by atoms with Crippen molar-refractivity contribution < 1.29 is 0 Å². The summed E-state index contributed by atoms with van der Waals surface area (Å²) in [5.41, 5.74) is 0.726. The molecule has 0 aliphatic carbocycles. The van der Waals surface area contributed by atoms with Crippen LogP contribution in [0.1, 0.15) is 12.8 Å². The number of hydrogen-bond acceptors (Lipinski definition) is 0. The molecule has 0 radical (unpaired) electrons. The first-order valence-corrected chi connectivity index (χ1v) is 24.2.